The number of alkyl halides is 3. The minimum Gasteiger partial charge on any atom is -0.356 e. The number of halogens is 5. The van der Waals surface area contributed by atoms with Crippen LogP contribution in [0.15, 0.2) is 29.3 Å². The SMILES string of the molecule is CN=C(NCC(=O)N(C)CC(F)(F)F)NCC1(c2ccccc2F)CC1.I. The number of aliphatic imine (C=N–C) groups is 1. The van der Waals surface area contributed by atoms with Crippen LogP contribution < -0.4 is 10.6 Å². The van der Waals surface area contributed by atoms with Crippen LogP contribution in [0.3, 0.4) is 0 Å². The van der Waals surface area contributed by atoms with E-state index in [0.29, 0.717) is 17.0 Å². The molecule has 0 bridgehead atoms. The van der Waals surface area contributed by atoms with Gasteiger partial charge in [0.15, 0.2) is 5.96 Å². The van der Waals surface area contributed by atoms with Gasteiger partial charge in [0, 0.05) is 26.1 Å². The van der Waals surface area contributed by atoms with E-state index in [4.69, 9.17) is 0 Å². The lowest BCUT2D eigenvalue weighted by Crippen LogP contribution is -2.47. The van der Waals surface area contributed by atoms with Gasteiger partial charge in [-0.2, -0.15) is 13.2 Å². The van der Waals surface area contributed by atoms with Crippen LogP contribution in [0.5, 0.6) is 0 Å². The van der Waals surface area contributed by atoms with Crippen molar-refractivity contribution in [2.75, 3.05) is 33.7 Å². The average molecular weight is 502 g/mol. The van der Waals surface area contributed by atoms with E-state index in [1.54, 1.807) is 18.2 Å². The number of benzene rings is 1. The summed E-state index contributed by atoms with van der Waals surface area (Å²) < 4.78 is 50.9. The first-order valence-corrected chi connectivity index (χ1v) is 8.17. The number of hydrogen-bond acceptors (Lipinski definition) is 2. The van der Waals surface area contributed by atoms with Gasteiger partial charge in [-0.15, -0.1) is 24.0 Å². The number of nitrogens with one attached hydrogen (secondary N) is 2. The Hall–Kier alpha value is -1.59. The Balaban J connectivity index is 0.00000364. The summed E-state index contributed by atoms with van der Waals surface area (Å²) in [5.74, 6) is -0.694. The van der Waals surface area contributed by atoms with Gasteiger partial charge in [0.25, 0.3) is 0 Å². The second kappa shape index (κ2) is 9.56. The highest BCUT2D eigenvalue weighted by atomic mass is 127. The van der Waals surface area contributed by atoms with Gasteiger partial charge in [0.2, 0.25) is 5.91 Å². The third kappa shape index (κ3) is 6.82. The Labute approximate surface area is 172 Å². The lowest BCUT2D eigenvalue weighted by molar-refractivity contribution is -0.157. The second-order valence-electron chi connectivity index (χ2n) is 6.40. The fourth-order valence-corrected chi connectivity index (χ4v) is 2.71. The zero-order chi connectivity index (χ0) is 19.4. The van der Waals surface area contributed by atoms with Crippen LogP contribution in [0.25, 0.3) is 0 Å². The highest BCUT2D eigenvalue weighted by Crippen LogP contribution is 2.48. The molecule has 0 spiro atoms. The topological polar surface area (TPSA) is 56.7 Å². The summed E-state index contributed by atoms with van der Waals surface area (Å²) in [6.07, 6.45) is -2.79. The monoisotopic (exact) mass is 502 g/mol. The first kappa shape index (κ1) is 23.4. The summed E-state index contributed by atoms with van der Waals surface area (Å²) in [6.45, 7) is -1.21. The van der Waals surface area contributed by atoms with Gasteiger partial charge in [-0.1, -0.05) is 18.2 Å². The molecule has 1 fully saturated rings. The number of carbonyl (C=O) groups is 1. The van der Waals surface area contributed by atoms with Crippen molar-refractivity contribution in [2.45, 2.75) is 24.4 Å². The van der Waals surface area contributed by atoms with E-state index in [2.05, 4.69) is 15.6 Å². The maximum absolute atomic E-state index is 14.0. The molecule has 1 aliphatic rings. The number of guanidine groups is 1. The summed E-state index contributed by atoms with van der Waals surface area (Å²) in [4.78, 5) is 16.3. The number of rotatable bonds is 6. The Kier molecular flexibility index (Phi) is 8.30. The van der Waals surface area contributed by atoms with Gasteiger partial charge >= 0.3 is 6.18 Å². The van der Waals surface area contributed by atoms with Gasteiger partial charge in [0.05, 0.1) is 6.54 Å². The van der Waals surface area contributed by atoms with Gasteiger partial charge in [0.1, 0.15) is 12.4 Å². The summed E-state index contributed by atoms with van der Waals surface area (Å²) in [5.41, 5.74) is 0.309. The number of hydrogen-bond donors (Lipinski definition) is 2. The average Bonchev–Trinajstić information content (AvgIpc) is 3.34. The van der Waals surface area contributed by atoms with E-state index >= 15 is 0 Å². The van der Waals surface area contributed by atoms with Crippen molar-refractivity contribution < 1.29 is 22.4 Å². The molecule has 2 N–H and O–H groups in total. The zero-order valence-electron chi connectivity index (χ0n) is 15.1. The maximum atomic E-state index is 14.0. The molecule has 1 aromatic carbocycles. The molecule has 2 rings (SSSR count). The molecule has 0 aromatic heterocycles. The molecule has 1 aliphatic carbocycles. The van der Waals surface area contributed by atoms with Crippen molar-refractivity contribution in [3.63, 3.8) is 0 Å². The molecule has 1 amide bonds. The van der Waals surface area contributed by atoms with Crippen LogP contribution in [0.4, 0.5) is 17.6 Å². The normalized spacial score (nSPS) is 15.6. The summed E-state index contributed by atoms with van der Waals surface area (Å²) >= 11 is 0. The number of carbonyl (C=O) groups excluding carboxylic acids is 1. The minimum absolute atomic E-state index is 0. The third-order valence-corrected chi connectivity index (χ3v) is 4.37. The zero-order valence-corrected chi connectivity index (χ0v) is 17.4. The maximum Gasteiger partial charge on any atom is 0.406 e. The summed E-state index contributed by atoms with van der Waals surface area (Å²) in [7, 11) is 2.58. The molecule has 0 radical (unpaired) electrons. The van der Waals surface area contributed by atoms with Crippen LogP contribution in [0.2, 0.25) is 0 Å². The lowest BCUT2D eigenvalue weighted by Gasteiger charge is -2.21. The van der Waals surface area contributed by atoms with E-state index in [9.17, 15) is 22.4 Å². The molecular weight excluding hydrogens is 479 g/mol. The van der Waals surface area contributed by atoms with Crippen LogP contribution in [0, 0.1) is 5.82 Å². The van der Waals surface area contributed by atoms with E-state index in [0.717, 1.165) is 19.9 Å². The molecule has 0 saturated heterocycles. The first-order chi connectivity index (χ1) is 12.2. The molecule has 0 aliphatic heterocycles. The quantitative estimate of drug-likeness (QED) is 0.272. The number of likely N-dealkylation sites (N-methyl/N-ethyl adjacent to an activating group) is 1. The van der Waals surface area contributed by atoms with Crippen LogP contribution in [-0.2, 0) is 10.2 Å². The molecule has 27 heavy (non-hydrogen) atoms. The highest BCUT2D eigenvalue weighted by Gasteiger charge is 2.45. The summed E-state index contributed by atoms with van der Waals surface area (Å²) in [6, 6.07) is 6.57. The predicted octanol–water partition coefficient (Wildman–Crippen LogP) is 2.66. The van der Waals surface area contributed by atoms with Crippen LogP contribution >= 0.6 is 24.0 Å². The molecule has 1 aromatic rings. The molecule has 0 heterocycles. The number of nitrogens with zero attached hydrogens (tertiary/aromatic N) is 2. The first-order valence-electron chi connectivity index (χ1n) is 8.17. The van der Waals surface area contributed by atoms with Crippen molar-refractivity contribution in [3.8, 4) is 0 Å². The van der Waals surface area contributed by atoms with Crippen molar-refractivity contribution in [2.24, 2.45) is 4.99 Å². The van der Waals surface area contributed by atoms with E-state index in [1.807, 2.05) is 0 Å². The molecule has 10 heteroatoms. The molecule has 0 atom stereocenters. The van der Waals surface area contributed by atoms with Crippen molar-refractivity contribution in [3.05, 3.63) is 35.6 Å². The smallest absolute Gasteiger partial charge is 0.356 e. The highest BCUT2D eigenvalue weighted by molar-refractivity contribution is 14.0. The number of amides is 1. The fraction of sp³-hybridized carbons (Fsp3) is 0.529. The third-order valence-electron chi connectivity index (χ3n) is 4.37. The van der Waals surface area contributed by atoms with Crippen LogP contribution in [-0.4, -0.2) is 56.7 Å². The summed E-state index contributed by atoms with van der Waals surface area (Å²) in [5, 5.41) is 5.71. The Morgan fingerprint density at radius 1 is 1.26 bits per heavy atom. The van der Waals surface area contributed by atoms with Crippen molar-refractivity contribution in [1.82, 2.24) is 15.5 Å². The molecule has 0 unspecified atom stereocenters. The predicted molar refractivity (Wildman–Crippen MR) is 106 cm³/mol. The van der Waals surface area contributed by atoms with Crippen molar-refractivity contribution >= 4 is 35.8 Å². The molecule has 1 saturated carbocycles. The van der Waals surface area contributed by atoms with Crippen molar-refractivity contribution in [1.29, 1.82) is 0 Å². The second-order valence-corrected chi connectivity index (χ2v) is 6.40. The van der Waals surface area contributed by atoms with Crippen LogP contribution in [0.1, 0.15) is 18.4 Å². The van der Waals surface area contributed by atoms with Gasteiger partial charge in [-0.05, 0) is 24.5 Å². The fourth-order valence-electron chi connectivity index (χ4n) is 2.71. The Morgan fingerprint density at radius 2 is 1.89 bits per heavy atom. The minimum atomic E-state index is -4.44. The molecular formula is C17H23F4IN4O. The van der Waals surface area contributed by atoms with E-state index < -0.39 is 18.6 Å². The lowest BCUT2D eigenvalue weighted by atomic mass is 9.95. The van der Waals surface area contributed by atoms with Gasteiger partial charge in [-0.25, -0.2) is 4.39 Å². The van der Waals surface area contributed by atoms with E-state index in [-0.39, 0.29) is 47.7 Å². The van der Waals surface area contributed by atoms with E-state index in [1.165, 1.54) is 13.1 Å². The molecule has 5 nitrogen and oxygen atoms in total. The Bertz CT molecular complexity index is 677. The largest absolute Gasteiger partial charge is 0.406 e. The Morgan fingerprint density at radius 3 is 2.41 bits per heavy atom. The van der Waals surface area contributed by atoms with Gasteiger partial charge in [-0.3, -0.25) is 9.79 Å². The molecule has 152 valence electrons. The standard InChI is InChI=1S/C17H22F4N4O.HI/c1-22-15(23-9-14(26)25(2)11-17(19,20)21)24-10-16(7-8-16)12-5-3-4-6-13(12)18;/h3-6H,7-11H2,1-2H3,(H2,22,23,24);1H. The van der Waals surface area contributed by atoms with Gasteiger partial charge < -0.3 is 15.5 Å².